The van der Waals surface area contributed by atoms with Crippen molar-refractivity contribution in [1.29, 1.82) is 0 Å². The van der Waals surface area contributed by atoms with Crippen LogP contribution in [0.2, 0.25) is 5.02 Å². The van der Waals surface area contributed by atoms with Crippen molar-refractivity contribution >= 4 is 23.4 Å². The number of hydrogen-bond donors (Lipinski definition) is 0. The molecule has 4 heteroatoms. The Morgan fingerprint density at radius 1 is 1.20 bits per heavy atom. The van der Waals surface area contributed by atoms with E-state index in [1.54, 1.807) is 18.2 Å². The second-order valence-corrected chi connectivity index (χ2v) is 3.62. The molecule has 15 heavy (non-hydrogen) atoms. The Morgan fingerprint density at radius 2 is 1.73 bits per heavy atom. The van der Waals surface area contributed by atoms with Gasteiger partial charge in [0.2, 0.25) is 11.8 Å². The highest BCUT2D eigenvalue weighted by molar-refractivity contribution is 6.31. The van der Waals surface area contributed by atoms with Crippen molar-refractivity contribution in [1.82, 2.24) is 4.90 Å². The molecule has 0 bridgehead atoms. The summed E-state index contributed by atoms with van der Waals surface area (Å²) in [6.07, 6.45) is 0. The first-order valence-corrected chi connectivity index (χ1v) is 4.92. The second kappa shape index (κ2) is 4.94. The third kappa shape index (κ3) is 3.06. The maximum atomic E-state index is 11.2. The zero-order valence-corrected chi connectivity index (χ0v) is 9.41. The molecule has 0 aliphatic heterocycles. The Morgan fingerprint density at radius 3 is 2.20 bits per heavy atom. The standard InChI is InChI=1S/C11H12ClNO2/c1-8(14)13(9(2)15)7-10-5-3-4-6-11(10)12/h3-6H,7H2,1-2H3. The molecule has 0 radical (unpaired) electrons. The quantitative estimate of drug-likeness (QED) is 0.774. The Bertz CT molecular complexity index is 376. The van der Waals surface area contributed by atoms with E-state index >= 15 is 0 Å². The molecule has 3 nitrogen and oxygen atoms in total. The van der Waals surface area contributed by atoms with E-state index in [1.807, 2.05) is 6.07 Å². The molecule has 0 spiro atoms. The molecule has 0 fully saturated rings. The number of amides is 2. The lowest BCUT2D eigenvalue weighted by Crippen LogP contribution is -2.32. The number of halogens is 1. The van der Waals surface area contributed by atoms with Gasteiger partial charge >= 0.3 is 0 Å². The minimum atomic E-state index is -0.276. The third-order valence-electron chi connectivity index (χ3n) is 2.05. The van der Waals surface area contributed by atoms with E-state index in [0.717, 1.165) is 10.5 Å². The lowest BCUT2D eigenvalue weighted by molar-refractivity contribution is -0.142. The van der Waals surface area contributed by atoms with Crippen molar-refractivity contribution in [3.8, 4) is 0 Å². The predicted molar refractivity (Wildman–Crippen MR) is 58.4 cm³/mol. The summed E-state index contributed by atoms with van der Waals surface area (Å²) in [4.78, 5) is 23.5. The highest BCUT2D eigenvalue weighted by Crippen LogP contribution is 2.17. The van der Waals surface area contributed by atoms with Gasteiger partial charge in [-0.2, -0.15) is 0 Å². The van der Waals surface area contributed by atoms with Crippen LogP contribution in [0.3, 0.4) is 0 Å². The van der Waals surface area contributed by atoms with Crippen LogP contribution in [0.1, 0.15) is 19.4 Å². The van der Waals surface area contributed by atoms with Crippen LogP contribution in [0.25, 0.3) is 0 Å². The Hall–Kier alpha value is -1.35. The number of rotatable bonds is 2. The van der Waals surface area contributed by atoms with Crippen LogP contribution in [-0.2, 0) is 16.1 Å². The fourth-order valence-corrected chi connectivity index (χ4v) is 1.44. The first-order valence-electron chi connectivity index (χ1n) is 4.54. The van der Waals surface area contributed by atoms with Crippen molar-refractivity contribution in [3.05, 3.63) is 34.9 Å². The van der Waals surface area contributed by atoms with Crippen molar-refractivity contribution in [2.45, 2.75) is 20.4 Å². The summed E-state index contributed by atoms with van der Waals surface area (Å²) in [5.41, 5.74) is 0.768. The zero-order valence-electron chi connectivity index (χ0n) is 8.66. The SMILES string of the molecule is CC(=O)N(Cc1ccccc1Cl)C(C)=O. The number of nitrogens with zero attached hydrogens (tertiary/aromatic N) is 1. The summed E-state index contributed by atoms with van der Waals surface area (Å²) in [6, 6.07) is 7.15. The maximum absolute atomic E-state index is 11.2. The van der Waals surface area contributed by atoms with Gasteiger partial charge in [0.1, 0.15) is 0 Å². The molecule has 1 aromatic rings. The monoisotopic (exact) mass is 225 g/mol. The molecule has 0 heterocycles. The third-order valence-corrected chi connectivity index (χ3v) is 2.42. The van der Waals surface area contributed by atoms with Crippen molar-refractivity contribution in [3.63, 3.8) is 0 Å². The van der Waals surface area contributed by atoms with Gasteiger partial charge < -0.3 is 0 Å². The average molecular weight is 226 g/mol. The van der Waals surface area contributed by atoms with Gasteiger partial charge in [0.15, 0.2) is 0 Å². The van der Waals surface area contributed by atoms with Gasteiger partial charge in [0, 0.05) is 18.9 Å². The molecule has 0 aliphatic rings. The van der Waals surface area contributed by atoms with Crippen molar-refractivity contribution in [2.75, 3.05) is 0 Å². The molecule has 0 saturated carbocycles. The van der Waals surface area contributed by atoms with E-state index in [0.29, 0.717) is 5.02 Å². The van der Waals surface area contributed by atoms with Crippen molar-refractivity contribution in [2.24, 2.45) is 0 Å². The van der Waals surface area contributed by atoms with Crippen LogP contribution in [0, 0.1) is 0 Å². The largest absolute Gasteiger partial charge is 0.279 e. The van der Waals surface area contributed by atoms with Gasteiger partial charge in [0.25, 0.3) is 0 Å². The van der Waals surface area contributed by atoms with Crippen LogP contribution < -0.4 is 0 Å². The normalized spacial score (nSPS) is 9.80. The van der Waals surface area contributed by atoms with Crippen molar-refractivity contribution < 1.29 is 9.59 Å². The number of benzene rings is 1. The first kappa shape index (κ1) is 11.7. The van der Waals surface area contributed by atoms with E-state index in [-0.39, 0.29) is 18.4 Å². The van der Waals surface area contributed by atoms with Gasteiger partial charge in [-0.3, -0.25) is 14.5 Å². The molecule has 0 aliphatic carbocycles. The summed E-state index contributed by atoms with van der Waals surface area (Å²) in [5.74, 6) is -0.551. The smallest absolute Gasteiger partial charge is 0.226 e. The summed E-state index contributed by atoms with van der Waals surface area (Å²) in [6.45, 7) is 2.95. The van der Waals surface area contributed by atoms with Gasteiger partial charge in [-0.05, 0) is 11.6 Å². The highest BCUT2D eigenvalue weighted by atomic mass is 35.5. The lowest BCUT2D eigenvalue weighted by atomic mass is 10.2. The molecule has 0 unspecified atom stereocenters. The van der Waals surface area contributed by atoms with E-state index in [4.69, 9.17) is 11.6 Å². The molecular formula is C11H12ClNO2. The first-order chi connectivity index (χ1) is 7.02. The van der Waals surface area contributed by atoms with E-state index in [1.165, 1.54) is 13.8 Å². The van der Waals surface area contributed by atoms with E-state index < -0.39 is 0 Å². The summed E-state index contributed by atoms with van der Waals surface area (Å²) < 4.78 is 0. The van der Waals surface area contributed by atoms with Crippen LogP contribution in [0.5, 0.6) is 0 Å². The minimum absolute atomic E-state index is 0.227. The summed E-state index contributed by atoms with van der Waals surface area (Å²) in [7, 11) is 0. The second-order valence-electron chi connectivity index (χ2n) is 3.22. The molecule has 80 valence electrons. The van der Waals surface area contributed by atoms with E-state index in [9.17, 15) is 9.59 Å². The van der Waals surface area contributed by atoms with Crippen LogP contribution in [-0.4, -0.2) is 16.7 Å². The van der Waals surface area contributed by atoms with Gasteiger partial charge in [0.05, 0.1) is 6.54 Å². The summed E-state index contributed by atoms with van der Waals surface area (Å²) >= 11 is 5.93. The van der Waals surface area contributed by atoms with Gasteiger partial charge in [-0.15, -0.1) is 0 Å². The average Bonchev–Trinajstić information content (AvgIpc) is 2.15. The Balaban J connectivity index is 2.88. The fourth-order valence-electron chi connectivity index (χ4n) is 1.24. The highest BCUT2D eigenvalue weighted by Gasteiger charge is 2.14. The number of carbonyl (C=O) groups is 2. The summed E-state index contributed by atoms with van der Waals surface area (Å²) in [5, 5.41) is 0.560. The lowest BCUT2D eigenvalue weighted by Gasteiger charge is -2.17. The zero-order chi connectivity index (χ0) is 11.4. The topological polar surface area (TPSA) is 37.4 Å². The van der Waals surface area contributed by atoms with E-state index in [2.05, 4.69) is 0 Å². The fraction of sp³-hybridized carbons (Fsp3) is 0.273. The number of hydrogen-bond acceptors (Lipinski definition) is 2. The molecule has 0 aromatic heterocycles. The van der Waals surface area contributed by atoms with Crippen LogP contribution >= 0.6 is 11.6 Å². The molecule has 1 aromatic carbocycles. The molecular weight excluding hydrogens is 214 g/mol. The van der Waals surface area contributed by atoms with Crippen LogP contribution in [0.15, 0.2) is 24.3 Å². The molecule has 0 atom stereocenters. The number of imide groups is 1. The maximum Gasteiger partial charge on any atom is 0.226 e. The Labute approximate surface area is 93.6 Å². The van der Waals surface area contributed by atoms with Gasteiger partial charge in [-0.1, -0.05) is 29.8 Å². The van der Waals surface area contributed by atoms with Gasteiger partial charge in [-0.25, -0.2) is 0 Å². The predicted octanol–water partition coefficient (Wildman–Crippen LogP) is 2.24. The Kier molecular flexibility index (Phi) is 3.86. The molecule has 2 amide bonds. The van der Waals surface area contributed by atoms with Crippen LogP contribution in [0.4, 0.5) is 0 Å². The minimum Gasteiger partial charge on any atom is -0.279 e. The molecule has 1 rings (SSSR count). The molecule has 0 N–H and O–H groups in total. The molecule has 0 saturated heterocycles. The number of carbonyl (C=O) groups excluding carboxylic acids is 2.